The standard InChI is InChI=1S/C26H21FN4O2/c27-22-12-6-4-10-19(22)16-30-23-13-7-5-11-20(23)21-15-29-31(26(33)25(21)30)17-24(32)28-14-18-8-2-1-3-9-18/h1-13,15H,14,16-17H2,(H,28,32). The largest absolute Gasteiger partial charge is 0.350 e. The quantitative estimate of drug-likeness (QED) is 0.436. The molecule has 0 aliphatic carbocycles. The molecule has 0 aliphatic rings. The molecule has 0 saturated heterocycles. The summed E-state index contributed by atoms with van der Waals surface area (Å²) in [6.45, 7) is 0.350. The van der Waals surface area contributed by atoms with E-state index in [0.717, 1.165) is 21.1 Å². The number of carbonyl (C=O) groups is 1. The maximum absolute atomic E-state index is 14.4. The summed E-state index contributed by atoms with van der Waals surface area (Å²) >= 11 is 0. The molecule has 5 rings (SSSR count). The molecule has 1 N–H and O–H groups in total. The third kappa shape index (κ3) is 4.01. The highest BCUT2D eigenvalue weighted by molar-refractivity contribution is 6.07. The van der Waals surface area contributed by atoms with Crippen molar-refractivity contribution in [3.05, 3.63) is 112 Å². The maximum Gasteiger partial charge on any atom is 0.291 e. The second-order valence-corrected chi connectivity index (χ2v) is 7.83. The van der Waals surface area contributed by atoms with Crippen molar-refractivity contribution in [1.29, 1.82) is 0 Å². The van der Waals surface area contributed by atoms with E-state index in [4.69, 9.17) is 0 Å². The molecule has 0 fully saturated rings. The molecule has 2 heterocycles. The van der Waals surface area contributed by atoms with Gasteiger partial charge in [-0.25, -0.2) is 9.07 Å². The predicted molar refractivity (Wildman–Crippen MR) is 125 cm³/mol. The number of halogens is 1. The van der Waals surface area contributed by atoms with Crippen molar-refractivity contribution in [3.8, 4) is 0 Å². The highest BCUT2D eigenvalue weighted by Gasteiger charge is 2.18. The first kappa shape index (κ1) is 20.6. The summed E-state index contributed by atoms with van der Waals surface area (Å²) in [5.74, 6) is -0.650. The minimum atomic E-state index is -0.394. The number of nitrogens with zero attached hydrogens (tertiary/aromatic N) is 3. The van der Waals surface area contributed by atoms with Gasteiger partial charge in [0.15, 0.2) is 0 Å². The first-order valence-electron chi connectivity index (χ1n) is 10.6. The van der Waals surface area contributed by atoms with Crippen molar-refractivity contribution in [2.24, 2.45) is 0 Å². The SMILES string of the molecule is O=C(Cn1ncc2c3ccccc3n(Cc3ccccc3F)c2c1=O)NCc1ccccc1. The van der Waals surface area contributed by atoms with Crippen molar-refractivity contribution in [1.82, 2.24) is 19.7 Å². The molecule has 7 heteroatoms. The predicted octanol–water partition coefficient (Wildman–Crippen LogP) is 3.86. The normalized spacial score (nSPS) is 11.2. The van der Waals surface area contributed by atoms with E-state index in [-0.39, 0.29) is 24.8 Å². The molecule has 1 amide bonds. The Labute approximate surface area is 188 Å². The number of hydrogen-bond acceptors (Lipinski definition) is 3. The lowest BCUT2D eigenvalue weighted by molar-refractivity contribution is -0.122. The Bertz CT molecular complexity index is 1520. The van der Waals surface area contributed by atoms with Gasteiger partial charge < -0.3 is 9.88 Å². The van der Waals surface area contributed by atoms with Crippen LogP contribution in [-0.2, 0) is 24.4 Å². The van der Waals surface area contributed by atoms with Crippen LogP contribution in [0.3, 0.4) is 0 Å². The Hall–Kier alpha value is -4.26. The van der Waals surface area contributed by atoms with Crippen molar-refractivity contribution in [3.63, 3.8) is 0 Å². The van der Waals surface area contributed by atoms with Gasteiger partial charge in [-0.3, -0.25) is 9.59 Å². The topological polar surface area (TPSA) is 68.9 Å². The summed E-state index contributed by atoms with van der Waals surface area (Å²) < 4.78 is 17.3. The minimum absolute atomic E-state index is 0.191. The van der Waals surface area contributed by atoms with Gasteiger partial charge in [0.05, 0.1) is 12.7 Å². The lowest BCUT2D eigenvalue weighted by atomic mass is 10.2. The molecule has 164 valence electrons. The van der Waals surface area contributed by atoms with Gasteiger partial charge in [0.25, 0.3) is 5.56 Å². The number of fused-ring (bicyclic) bond motifs is 3. The van der Waals surface area contributed by atoms with Crippen LogP contribution in [0.5, 0.6) is 0 Å². The fourth-order valence-electron chi connectivity index (χ4n) is 4.06. The van der Waals surface area contributed by atoms with Gasteiger partial charge in [-0.2, -0.15) is 5.10 Å². The number of amides is 1. The van der Waals surface area contributed by atoms with Crippen LogP contribution in [0.2, 0.25) is 0 Å². The molecular formula is C26H21FN4O2. The van der Waals surface area contributed by atoms with Gasteiger partial charge >= 0.3 is 0 Å². The van der Waals surface area contributed by atoms with Gasteiger partial charge in [-0.1, -0.05) is 66.7 Å². The van der Waals surface area contributed by atoms with Crippen LogP contribution in [-0.4, -0.2) is 20.3 Å². The number of para-hydroxylation sites is 1. The Morgan fingerprint density at radius 1 is 0.909 bits per heavy atom. The van der Waals surface area contributed by atoms with Crippen molar-refractivity contribution < 1.29 is 9.18 Å². The van der Waals surface area contributed by atoms with E-state index in [2.05, 4.69) is 10.4 Å². The average Bonchev–Trinajstić information content (AvgIpc) is 3.16. The van der Waals surface area contributed by atoms with Crippen molar-refractivity contribution >= 4 is 27.7 Å². The summed E-state index contributed by atoms with van der Waals surface area (Å²) in [6.07, 6.45) is 1.60. The first-order valence-corrected chi connectivity index (χ1v) is 10.6. The van der Waals surface area contributed by atoms with E-state index in [1.807, 2.05) is 54.6 Å². The molecule has 3 aromatic carbocycles. The molecule has 0 atom stereocenters. The number of carbonyl (C=O) groups excluding carboxylic acids is 1. The molecule has 0 radical (unpaired) electrons. The van der Waals surface area contributed by atoms with Gasteiger partial charge in [0, 0.05) is 28.4 Å². The van der Waals surface area contributed by atoms with E-state index in [1.54, 1.807) is 29.0 Å². The van der Waals surface area contributed by atoms with Gasteiger partial charge in [0.1, 0.15) is 17.9 Å². The maximum atomic E-state index is 14.4. The summed E-state index contributed by atoms with van der Waals surface area (Å²) in [6, 6.07) is 23.6. The summed E-state index contributed by atoms with van der Waals surface area (Å²) in [5.41, 5.74) is 2.25. The van der Waals surface area contributed by atoms with E-state index >= 15 is 0 Å². The Kier molecular flexibility index (Phi) is 5.44. The van der Waals surface area contributed by atoms with E-state index < -0.39 is 5.56 Å². The van der Waals surface area contributed by atoms with Crippen LogP contribution in [0.15, 0.2) is 89.9 Å². The molecule has 33 heavy (non-hydrogen) atoms. The minimum Gasteiger partial charge on any atom is -0.350 e. The first-order chi connectivity index (χ1) is 16.1. The molecule has 6 nitrogen and oxygen atoms in total. The molecule has 0 aliphatic heterocycles. The molecule has 5 aromatic rings. The van der Waals surface area contributed by atoms with Gasteiger partial charge in [-0.05, 0) is 17.7 Å². The van der Waals surface area contributed by atoms with E-state index in [0.29, 0.717) is 23.0 Å². The number of aromatic nitrogens is 3. The summed E-state index contributed by atoms with van der Waals surface area (Å²) in [5, 5.41) is 8.59. The zero-order valence-electron chi connectivity index (χ0n) is 17.7. The highest BCUT2D eigenvalue weighted by atomic mass is 19.1. The Morgan fingerprint density at radius 3 is 2.45 bits per heavy atom. The fraction of sp³-hybridized carbons (Fsp3) is 0.115. The lowest BCUT2D eigenvalue weighted by Crippen LogP contribution is -2.33. The van der Waals surface area contributed by atoms with Crippen LogP contribution >= 0.6 is 0 Å². The smallest absolute Gasteiger partial charge is 0.291 e. The molecule has 2 aromatic heterocycles. The molecule has 0 bridgehead atoms. The molecule has 0 unspecified atom stereocenters. The zero-order valence-corrected chi connectivity index (χ0v) is 17.7. The van der Waals surface area contributed by atoms with Crippen LogP contribution in [0.4, 0.5) is 4.39 Å². The second kappa shape index (κ2) is 8.70. The lowest BCUT2D eigenvalue weighted by Gasteiger charge is -2.10. The van der Waals surface area contributed by atoms with Crippen LogP contribution < -0.4 is 10.9 Å². The van der Waals surface area contributed by atoms with Gasteiger partial charge in [-0.15, -0.1) is 0 Å². The molecule has 0 spiro atoms. The van der Waals surface area contributed by atoms with Crippen molar-refractivity contribution in [2.75, 3.05) is 0 Å². The third-order valence-electron chi connectivity index (χ3n) is 5.69. The Morgan fingerprint density at radius 2 is 1.64 bits per heavy atom. The van der Waals surface area contributed by atoms with E-state index in [1.165, 1.54) is 6.07 Å². The number of benzene rings is 3. The molecular weight excluding hydrogens is 419 g/mol. The average molecular weight is 440 g/mol. The summed E-state index contributed by atoms with van der Waals surface area (Å²) in [7, 11) is 0. The monoisotopic (exact) mass is 440 g/mol. The van der Waals surface area contributed by atoms with Crippen LogP contribution in [0.1, 0.15) is 11.1 Å². The van der Waals surface area contributed by atoms with Gasteiger partial charge in [0.2, 0.25) is 5.91 Å². The fourth-order valence-corrected chi connectivity index (χ4v) is 4.06. The number of hydrogen-bond donors (Lipinski definition) is 1. The second-order valence-electron chi connectivity index (χ2n) is 7.83. The third-order valence-corrected chi connectivity index (χ3v) is 5.69. The number of rotatable bonds is 6. The highest BCUT2D eigenvalue weighted by Crippen LogP contribution is 2.27. The summed E-state index contributed by atoms with van der Waals surface area (Å²) in [4.78, 5) is 25.9. The van der Waals surface area contributed by atoms with Crippen molar-refractivity contribution in [2.45, 2.75) is 19.6 Å². The van der Waals surface area contributed by atoms with Crippen LogP contribution in [0, 0.1) is 5.82 Å². The van der Waals surface area contributed by atoms with E-state index in [9.17, 15) is 14.0 Å². The van der Waals surface area contributed by atoms with Crippen LogP contribution in [0.25, 0.3) is 21.8 Å². The molecule has 0 saturated carbocycles. The number of nitrogens with one attached hydrogen (secondary N) is 1. The Balaban J connectivity index is 1.52. The zero-order chi connectivity index (χ0) is 22.8.